The molecule has 1 heterocycles. The van der Waals surface area contributed by atoms with Crippen LogP contribution in [0.4, 0.5) is 24.8 Å². The van der Waals surface area contributed by atoms with Crippen molar-refractivity contribution in [1.82, 2.24) is 4.98 Å². The van der Waals surface area contributed by atoms with Gasteiger partial charge in [0.25, 0.3) is 0 Å². The van der Waals surface area contributed by atoms with Gasteiger partial charge in [-0.05, 0) is 18.6 Å². The lowest BCUT2D eigenvalue weighted by molar-refractivity contribution is -0.134. The Morgan fingerprint density at radius 3 is 2.67 bits per heavy atom. The predicted molar refractivity (Wildman–Crippen MR) is 52.4 cm³/mol. The minimum atomic E-state index is -4.09. The van der Waals surface area contributed by atoms with Crippen molar-refractivity contribution in [3.8, 4) is 0 Å². The highest BCUT2D eigenvalue weighted by Gasteiger charge is 2.25. The minimum Gasteiger partial charge on any atom is -0.384 e. The Balaban J connectivity index is 2.26. The average Bonchev–Trinajstić information content (AvgIpc) is 2.11. The summed E-state index contributed by atoms with van der Waals surface area (Å²) in [4.78, 5) is 3.89. The van der Waals surface area contributed by atoms with E-state index in [0.29, 0.717) is 11.6 Å². The van der Waals surface area contributed by atoms with Crippen LogP contribution in [0, 0.1) is 0 Å². The Morgan fingerprint density at radius 2 is 2.07 bits per heavy atom. The van der Waals surface area contributed by atoms with Crippen LogP contribution in [0.15, 0.2) is 18.2 Å². The number of halogens is 3. The van der Waals surface area contributed by atoms with Gasteiger partial charge in [-0.1, -0.05) is 6.07 Å². The Labute approximate surface area is 85.5 Å². The fraction of sp³-hybridized carbons (Fsp3) is 0.444. The molecule has 0 amide bonds. The molecule has 15 heavy (non-hydrogen) atoms. The van der Waals surface area contributed by atoms with Crippen LogP contribution in [0.2, 0.25) is 0 Å². The van der Waals surface area contributed by atoms with Crippen molar-refractivity contribution in [2.75, 3.05) is 17.6 Å². The number of nitrogens with two attached hydrogens (primary N) is 1. The second kappa shape index (κ2) is 4.86. The summed E-state index contributed by atoms with van der Waals surface area (Å²) < 4.78 is 35.3. The normalized spacial score (nSPS) is 11.4. The summed E-state index contributed by atoms with van der Waals surface area (Å²) in [5.41, 5.74) is 5.40. The summed E-state index contributed by atoms with van der Waals surface area (Å²) in [7, 11) is 0. The average molecular weight is 219 g/mol. The maximum absolute atomic E-state index is 11.8. The molecule has 3 nitrogen and oxygen atoms in total. The topological polar surface area (TPSA) is 50.9 Å². The Kier molecular flexibility index (Phi) is 3.76. The van der Waals surface area contributed by atoms with Gasteiger partial charge in [0.2, 0.25) is 0 Å². The van der Waals surface area contributed by atoms with Crippen molar-refractivity contribution in [2.45, 2.75) is 19.0 Å². The molecular weight excluding hydrogens is 207 g/mol. The molecule has 0 spiro atoms. The number of hydrogen-bond acceptors (Lipinski definition) is 3. The first-order valence-corrected chi connectivity index (χ1v) is 4.50. The third-order valence-electron chi connectivity index (χ3n) is 1.71. The van der Waals surface area contributed by atoms with Crippen molar-refractivity contribution in [2.24, 2.45) is 0 Å². The molecule has 0 fully saturated rings. The van der Waals surface area contributed by atoms with Gasteiger partial charge in [0.15, 0.2) is 0 Å². The third kappa shape index (κ3) is 5.09. The summed E-state index contributed by atoms with van der Waals surface area (Å²) in [5.74, 6) is 0.841. The molecule has 1 rings (SSSR count). The molecule has 1 aromatic rings. The number of aromatic nitrogens is 1. The molecule has 0 aliphatic carbocycles. The van der Waals surface area contributed by atoms with Crippen LogP contribution in [0.5, 0.6) is 0 Å². The number of nitrogens with one attached hydrogen (secondary N) is 1. The highest BCUT2D eigenvalue weighted by Crippen LogP contribution is 2.21. The van der Waals surface area contributed by atoms with E-state index in [0.717, 1.165) is 0 Å². The molecule has 0 aliphatic heterocycles. The fourth-order valence-electron chi connectivity index (χ4n) is 1.06. The summed E-state index contributed by atoms with van der Waals surface area (Å²) in [6, 6.07) is 4.96. The highest BCUT2D eigenvalue weighted by molar-refractivity contribution is 5.41. The Morgan fingerprint density at radius 1 is 1.33 bits per heavy atom. The molecule has 3 N–H and O–H groups in total. The Bertz CT molecular complexity index is 312. The highest BCUT2D eigenvalue weighted by atomic mass is 19.4. The number of nitrogens with zero attached hydrogens (tertiary/aromatic N) is 1. The van der Waals surface area contributed by atoms with E-state index in [2.05, 4.69) is 10.3 Å². The van der Waals surface area contributed by atoms with Crippen LogP contribution in [0.25, 0.3) is 0 Å². The number of alkyl halides is 3. The molecular formula is C9H12F3N3. The predicted octanol–water partition coefficient (Wildman–Crippen LogP) is 2.42. The van der Waals surface area contributed by atoms with Crippen LogP contribution in [0.3, 0.4) is 0 Å². The van der Waals surface area contributed by atoms with Gasteiger partial charge in [-0.2, -0.15) is 13.2 Å². The van der Waals surface area contributed by atoms with E-state index in [1.54, 1.807) is 18.2 Å². The van der Waals surface area contributed by atoms with Crippen LogP contribution >= 0.6 is 0 Å². The fourth-order valence-corrected chi connectivity index (χ4v) is 1.06. The largest absolute Gasteiger partial charge is 0.389 e. The van der Waals surface area contributed by atoms with Crippen LogP contribution in [-0.2, 0) is 0 Å². The van der Waals surface area contributed by atoms with Crippen molar-refractivity contribution in [3.63, 3.8) is 0 Å². The van der Waals surface area contributed by atoms with Gasteiger partial charge in [0.05, 0.1) is 0 Å². The number of nitrogen functional groups attached to an aromatic ring is 1. The monoisotopic (exact) mass is 219 g/mol. The van der Waals surface area contributed by atoms with E-state index in [1.165, 1.54) is 0 Å². The van der Waals surface area contributed by atoms with Crippen molar-refractivity contribution in [3.05, 3.63) is 18.2 Å². The first-order chi connectivity index (χ1) is 6.97. The van der Waals surface area contributed by atoms with Gasteiger partial charge in [-0.3, -0.25) is 0 Å². The SMILES string of the molecule is Nc1cccc(NCCCC(F)(F)F)n1. The van der Waals surface area contributed by atoms with Gasteiger partial charge >= 0.3 is 6.18 Å². The van der Waals surface area contributed by atoms with Crippen LogP contribution in [-0.4, -0.2) is 17.7 Å². The van der Waals surface area contributed by atoms with Crippen molar-refractivity contribution >= 4 is 11.6 Å². The zero-order chi connectivity index (χ0) is 11.3. The second-order valence-corrected chi connectivity index (χ2v) is 3.09. The lowest BCUT2D eigenvalue weighted by Crippen LogP contribution is -2.11. The lowest BCUT2D eigenvalue weighted by Gasteiger charge is -2.07. The first-order valence-electron chi connectivity index (χ1n) is 4.50. The van der Waals surface area contributed by atoms with E-state index in [9.17, 15) is 13.2 Å². The summed E-state index contributed by atoms with van der Waals surface area (Å²) >= 11 is 0. The molecule has 0 saturated carbocycles. The van der Waals surface area contributed by atoms with Crippen molar-refractivity contribution < 1.29 is 13.2 Å². The van der Waals surface area contributed by atoms with E-state index in [1.807, 2.05) is 0 Å². The number of hydrogen-bond donors (Lipinski definition) is 2. The minimum absolute atomic E-state index is 0.0278. The van der Waals surface area contributed by atoms with E-state index < -0.39 is 12.6 Å². The van der Waals surface area contributed by atoms with Gasteiger partial charge in [-0.25, -0.2) is 4.98 Å². The van der Waals surface area contributed by atoms with E-state index in [-0.39, 0.29) is 13.0 Å². The van der Waals surface area contributed by atoms with Gasteiger partial charge < -0.3 is 11.1 Å². The van der Waals surface area contributed by atoms with Gasteiger partial charge in [-0.15, -0.1) is 0 Å². The van der Waals surface area contributed by atoms with Crippen LogP contribution in [0.1, 0.15) is 12.8 Å². The Hall–Kier alpha value is -1.46. The molecule has 0 aliphatic rings. The summed E-state index contributed by atoms with van der Waals surface area (Å²) in [6.07, 6.45) is -4.85. The van der Waals surface area contributed by atoms with Crippen LogP contribution < -0.4 is 11.1 Å². The molecule has 6 heteroatoms. The number of pyridine rings is 1. The standard InChI is InChI=1S/C9H12F3N3/c10-9(11,12)5-2-6-14-8-4-1-3-7(13)15-8/h1,3-4H,2,5-6H2,(H3,13,14,15). The van der Waals surface area contributed by atoms with E-state index >= 15 is 0 Å². The van der Waals surface area contributed by atoms with E-state index in [4.69, 9.17) is 5.73 Å². The quantitative estimate of drug-likeness (QED) is 0.764. The molecule has 84 valence electrons. The molecule has 1 aromatic heterocycles. The summed E-state index contributed by atoms with van der Waals surface area (Å²) in [6.45, 7) is 0.232. The van der Waals surface area contributed by atoms with Crippen molar-refractivity contribution in [1.29, 1.82) is 0 Å². The van der Waals surface area contributed by atoms with Gasteiger partial charge in [0, 0.05) is 13.0 Å². The zero-order valence-electron chi connectivity index (χ0n) is 8.01. The zero-order valence-corrected chi connectivity index (χ0v) is 8.01. The van der Waals surface area contributed by atoms with Gasteiger partial charge in [0.1, 0.15) is 11.6 Å². The molecule has 0 radical (unpaired) electrons. The first kappa shape index (κ1) is 11.6. The number of anilines is 2. The maximum Gasteiger partial charge on any atom is 0.389 e. The summed E-state index contributed by atoms with van der Waals surface area (Å²) in [5, 5.41) is 2.77. The maximum atomic E-state index is 11.8. The molecule has 0 unspecified atom stereocenters. The lowest BCUT2D eigenvalue weighted by atomic mass is 10.3. The molecule has 0 saturated heterocycles. The smallest absolute Gasteiger partial charge is 0.384 e. The molecule has 0 bridgehead atoms. The third-order valence-corrected chi connectivity index (χ3v) is 1.71. The molecule has 0 aromatic carbocycles. The second-order valence-electron chi connectivity index (χ2n) is 3.09. The molecule has 0 atom stereocenters. The number of rotatable bonds is 4.